The van der Waals surface area contributed by atoms with E-state index in [1.54, 1.807) is 0 Å². The molecule has 6 nitrogen and oxygen atoms in total. The summed E-state index contributed by atoms with van der Waals surface area (Å²) in [6.07, 6.45) is 1.91. The van der Waals surface area contributed by atoms with Crippen molar-refractivity contribution in [3.8, 4) is 0 Å². The maximum atomic E-state index is 2.54. The highest BCUT2D eigenvalue weighted by Gasteiger charge is 2.30. The van der Waals surface area contributed by atoms with E-state index in [4.69, 9.17) is 0 Å². The third-order valence-electron chi connectivity index (χ3n) is 22.8. The average Bonchev–Trinajstić information content (AvgIpc) is 1.55. The van der Waals surface area contributed by atoms with Crippen molar-refractivity contribution in [2.75, 3.05) is 19.6 Å². The molecule has 0 bridgehead atoms. The summed E-state index contributed by atoms with van der Waals surface area (Å²) < 4.78 is 5.08. The molecule has 0 fully saturated rings. The van der Waals surface area contributed by atoms with Gasteiger partial charge in [0.1, 0.15) is 0 Å². The fourth-order valence-corrected chi connectivity index (χ4v) is 17.2. The Morgan fingerprint density at radius 2 is 0.575 bits per heavy atom. The smallest absolute Gasteiger partial charge is 0.0622 e. The number of fused-ring (bicyclic) bond motifs is 12. The highest BCUT2D eigenvalue weighted by molar-refractivity contribution is 6.30. The maximum Gasteiger partial charge on any atom is 0.0622 e. The molecule has 106 heavy (non-hydrogen) atoms. The first kappa shape index (κ1) is 65.9. The normalized spacial score (nSPS) is 12.3. The van der Waals surface area contributed by atoms with Gasteiger partial charge in [0.2, 0.25) is 0 Å². The molecule has 0 amide bonds. The Bertz CT molecular complexity index is 6230. The van der Waals surface area contributed by atoms with Crippen molar-refractivity contribution in [3.63, 3.8) is 0 Å². The van der Waals surface area contributed by atoms with Crippen LogP contribution in [0.5, 0.6) is 0 Å². The zero-order valence-corrected chi connectivity index (χ0v) is 62.3. The molecule has 14 aromatic carbocycles. The molecule has 0 aliphatic carbocycles. The van der Waals surface area contributed by atoms with Crippen LogP contribution < -0.4 is 19.6 Å². The van der Waals surface area contributed by atoms with Crippen LogP contribution in [0.3, 0.4) is 0 Å². The molecule has 0 saturated carbocycles. The molecule has 1 unspecified atom stereocenters. The number of hydrogen-bond acceptors (Lipinski definition) is 4. The summed E-state index contributed by atoms with van der Waals surface area (Å²) in [5, 5.41) is 9.93. The highest BCUT2D eigenvalue weighted by Crippen LogP contribution is 2.53. The van der Waals surface area contributed by atoms with E-state index in [1.807, 2.05) is 0 Å². The quantitative estimate of drug-likeness (QED) is 0.0804. The van der Waals surface area contributed by atoms with Crippen molar-refractivity contribution in [3.05, 3.63) is 348 Å². The van der Waals surface area contributed by atoms with Gasteiger partial charge in [0.05, 0.1) is 55.8 Å². The van der Waals surface area contributed by atoms with Crippen LogP contribution in [0.1, 0.15) is 123 Å². The van der Waals surface area contributed by atoms with Crippen LogP contribution in [0.15, 0.2) is 303 Å². The minimum atomic E-state index is 0.295. The van der Waals surface area contributed by atoms with Gasteiger partial charge in [-0.15, -0.1) is 0 Å². The van der Waals surface area contributed by atoms with Gasteiger partial charge in [-0.3, -0.25) is 0 Å². The summed E-state index contributed by atoms with van der Waals surface area (Å²) in [6.45, 7) is 22.7. The molecule has 18 aromatic rings. The molecule has 18 rings (SSSR count). The Labute approximate surface area is 622 Å². The number of benzene rings is 14. The van der Waals surface area contributed by atoms with Gasteiger partial charge in [-0.05, 0) is 235 Å². The third-order valence-corrected chi connectivity index (χ3v) is 22.8. The van der Waals surface area contributed by atoms with Gasteiger partial charge in [-0.2, -0.15) is 0 Å². The van der Waals surface area contributed by atoms with E-state index in [-0.39, 0.29) is 0 Å². The fraction of sp³-hybridized carbons (Fsp3) is 0.160. The first-order valence-corrected chi connectivity index (χ1v) is 38.0. The monoisotopic (exact) mass is 1370 g/mol. The first-order valence-electron chi connectivity index (χ1n) is 38.0. The Balaban J connectivity index is 0.688. The Kier molecular flexibility index (Phi) is 16.5. The number of nitrogens with zero attached hydrogens (tertiary/aromatic N) is 6. The van der Waals surface area contributed by atoms with Crippen molar-refractivity contribution in [1.29, 1.82) is 0 Å². The van der Waals surface area contributed by atoms with E-state index in [2.05, 4.69) is 401 Å². The zero-order chi connectivity index (χ0) is 72.2. The van der Waals surface area contributed by atoms with Gasteiger partial charge >= 0.3 is 0 Å². The standard InChI is InChI=1S/C100H88N6/c1-63(2)71-45-53-77(54-46-71)101(78-55-47-72(48-56-78)64(3)4)85-31-19-35-89-95(85)81-27-17-28-82-96-86(32-20-36-90(96)105(89)99(81)82)102(79-57-49-73(50-58-79)65(5)6)80-59-51-74(52-60-80)67(8)41-43-70-44-42-69(10)94(62-70)104(76-25-15-12-16-26-76)88-34-22-38-92-98(88)84-30-18-29-83-97-87(33-21-37-91(97)106(92)100(83)84)103(75-23-13-11-14-24-75)93-61-66(7)39-40-68(93)9/h11-40,42,44-65,67H,41,43H2,1-10H3. The van der Waals surface area contributed by atoms with Gasteiger partial charge in [-0.1, -0.05) is 218 Å². The second kappa shape index (κ2) is 26.5. The predicted molar refractivity (Wildman–Crippen MR) is 454 cm³/mol. The van der Waals surface area contributed by atoms with Crippen LogP contribution in [0.2, 0.25) is 0 Å². The first-order chi connectivity index (χ1) is 51.8. The predicted octanol–water partition coefficient (Wildman–Crippen LogP) is 28.9. The molecule has 1 atom stereocenters. The second-order valence-electron chi connectivity index (χ2n) is 30.5. The van der Waals surface area contributed by atoms with Crippen LogP contribution in [-0.2, 0) is 6.42 Å². The van der Waals surface area contributed by atoms with Crippen molar-refractivity contribution in [2.24, 2.45) is 0 Å². The highest BCUT2D eigenvalue weighted by atomic mass is 15.2. The molecule has 0 saturated heterocycles. The average molecular weight is 1370 g/mol. The molecule has 0 aliphatic rings. The molecule has 0 N–H and O–H groups in total. The van der Waals surface area contributed by atoms with Crippen LogP contribution >= 0.6 is 0 Å². The van der Waals surface area contributed by atoms with Crippen LogP contribution in [0.4, 0.5) is 68.2 Å². The number of rotatable bonds is 19. The zero-order valence-electron chi connectivity index (χ0n) is 62.3. The van der Waals surface area contributed by atoms with Gasteiger partial charge < -0.3 is 28.4 Å². The summed E-state index contributed by atoms with van der Waals surface area (Å²) in [7, 11) is 0. The molecule has 0 spiro atoms. The van der Waals surface area contributed by atoms with E-state index < -0.39 is 0 Å². The Hall–Kier alpha value is -12.1. The van der Waals surface area contributed by atoms with E-state index in [0.717, 1.165) is 64.0 Å². The lowest BCUT2D eigenvalue weighted by atomic mass is 9.93. The fourth-order valence-electron chi connectivity index (χ4n) is 17.2. The summed E-state index contributed by atoms with van der Waals surface area (Å²) >= 11 is 0. The second-order valence-corrected chi connectivity index (χ2v) is 30.5. The number of para-hydroxylation sites is 4. The van der Waals surface area contributed by atoms with Crippen molar-refractivity contribution in [2.45, 2.75) is 106 Å². The van der Waals surface area contributed by atoms with Gasteiger partial charge in [-0.25, -0.2) is 0 Å². The largest absolute Gasteiger partial charge is 0.310 e. The number of anilines is 12. The lowest BCUT2D eigenvalue weighted by molar-refractivity contribution is 0.679. The molecule has 6 heteroatoms. The van der Waals surface area contributed by atoms with Crippen LogP contribution in [0.25, 0.3) is 76.2 Å². The topological polar surface area (TPSA) is 21.8 Å². The lowest BCUT2D eigenvalue weighted by Gasteiger charge is -2.29. The van der Waals surface area contributed by atoms with Crippen molar-refractivity contribution < 1.29 is 0 Å². The van der Waals surface area contributed by atoms with E-state index in [1.165, 1.54) is 138 Å². The minimum Gasteiger partial charge on any atom is -0.310 e. The third kappa shape index (κ3) is 11.0. The summed E-state index contributed by atoms with van der Waals surface area (Å²) in [6, 6.07) is 114. The molecule has 4 aromatic heterocycles. The van der Waals surface area contributed by atoms with Gasteiger partial charge in [0, 0.05) is 88.6 Å². The summed E-state index contributed by atoms with van der Waals surface area (Å²) in [4.78, 5) is 9.95. The van der Waals surface area contributed by atoms with E-state index in [0.29, 0.717) is 23.7 Å². The van der Waals surface area contributed by atoms with E-state index >= 15 is 0 Å². The number of hydrogen-bond donors (Lipinski definition) is 0. The number of aromatic nitrogens is 2. The molecule has 0 radical (unpaired) electrons. The molecule has 0 aliphatic heterocycles. The Morgan fingerprint density at radius 3 is 0.934 bits per heavy atom. The van der Waals surface area contributed by atoms with Gasteiger partial charge in [0.25, 0.3) is 0 Å². The van der Waals surface area contributed by atoms with Crippen LogP contribution in [-0.4, -0.2) is 8.80 Å². The van der Waals surface area contributed by atoms with Crippen molar-refractivity contribution >= 4 is 144 Å². The molecule has 4 heterocycles. The molecular formula is C100H88N6. The van der Waals surface area contributed by atoms with Crippen LogP contribution in [0, 0.1) is 20.8 Å². The molecule has 518 valence electrons. The summed E-state index contributed by atoms with van der Waals surface area (Å²) in [5.74, 6) is 1.58. The van der Waals surface area contributed by atoms with Crippen molar-refractivity contribution in [1.82, 2.24) is 8.80 Å². The van der Waals surface area contributed by atoms with E-state index in [9.17, 15) is 0 Å². The summed E-state index contributed by atoms with van der Waals surface area (Å²) in [5.41, 5.74) is 31.4. The number of aryl methyl sites for hydroxylation is 4. The Morgan fingerprint density at radius 1 is 0.264 bits per heavy atom. The van der Waals surface area contributed by atoms with Gasteiger partial charge in [0.15, 0.2) is 0 Å². The molecular weight excluding hydrogens is 1290 g/mol. The maximum absolute atomic E-state index is 2.54. The SMILES string of the molecule is Cc1ccc(C)c(N(c2ccccc2)c2cccc3c2c2cccc4c5c(N(c6ccccc6)c6cc(CCC(C)c7ccc(N(c8ccc(C(C)C)cc8)c8cccc9c8c8cccc%10c%11c(N(c%12ccc(C(C)C)cc%12)c%12ccc(C(C)C)cc%12)cccc%11n9c%108)cc7)ccc6C)cccc5n3c24)c1. The minimum absolute atomic E-state index is 0.295. The lowest BCUT2D eigenvalue weighted by Crippen LogP contribution is -2.12.